The van der Waals surface area contributed by atoms with E-state index in [9.17, 15) is 9.70 Å². The van der Waals surface area contributed by atoms with E-state index in [1.807, 2.05) is 12.3 Å². The number of alkyl halides is 1. The molecule has 0 aromatic rings. The molecule has 1 atom stereocenters. The van der Waals surface area contributed by atoms with Crippen molar-refractivity contribution < 1.29 is 4.79 Å². The van der Waals surface area contributed by atoms with E-state index in [2.05, 4.69) is 5.29 Å². The monoisotopic (exact) mass is 247 g/mol. The minimum Gasteiger partial charge on any atom is -0.302 e. The van der Waals surface area contributed by atoms with E-state index in [4.69, 9.17) is 11.6 Å². The van der Waals surface area contributed by atoms with Crippen LogP contribution in [0.25, 0.3) is 0 Å². The van der Waals surface area contributed by atoms with Gasteiger partial charge in [-0.25, -0.2) is 4.79 Å². The minimum atomic E-state index is -0.512. The molecule has 1 aliphatic rings. The number of nitrogens with one attached hydrogen (secondary N) is 1. The third-order valence-electron chi connectivity index (χ3n) is 3.23. The van der Waals surface area contributed by atoms with E-state index in [1.165, 1.54) is 11.3 Å². The largest absolute Gasteiger partial charge is 0.342 e. The number of nitroso groups, excluding NO2 is 1. The Balaban J connectivity index is 2.82. The molecule has 0 aromatic heterocycles. The van der Waals surface area contributed by atoms with Gasteiger partial charge in [0.2, 0.25) is 0 Å². The van der Waals surface area contributed by atoms with Gasteiger partial charge in [-0.2, -0.15) is 5.43 Å². The first-order valence-corrected chi connectivity index (χ1v) is 6.00. The molecular formula is C10H18ClN3O2. The van der Waals surface area contributed by atoms with Gasteiger partial charge in [0.1, 0.15) is 5.50 Å². The van der Waals surface area contributed by atoms with Crippen molar-refractivity contribution >= 4 is 17.6 Å². The van der Waals surface area contributed by atoms with Crippen LogP contribution in [0.5, 0.6) is 0 Å². The number of hydrogen-bond acceptors (Lipinski definition) is 3. The molecule has 92 valence electrons. The highest BCUT2D eigenvalue weighted by Gasteiger charge is 2.38. The molecule has 2 amide bonds. The molecule has 1 unspecified atom stereocenters. The molecule has 1 rings (SSSR count). The van der Waals surface area contributed by atoms with Gasteiger partial charge in [-0.05, 0) is 26.7 Å². The van der Waals surface area contributed by atoms with Gasteiger partial charge in [-0.1, -0.05) is 30.9 Å². The van der Waals surface area contributed by atoms with Crippen molar-refractivity contribution in [1.29, 1.82) is 0 Å². The molecule has 1 fully saturated rings. The number of amides is 2. The summed E-state index contributed by atoms with van der Waals surface area (Å²) >= 11 is 6.02. The van der Waals surface area contributed by atoms with Crippen molar-refractivity contribution in [2.75, 3.05) is 0 Å². The molecule has 1 N–H and O–H groups in total. The Morgan fingerprint density at radius 3 is 2.44 bits per heavy atom. The first-order valence-electron chi connectivity index (χ1n) is 5.57. The molecule has 16 heavy (non-hydrogen) atoms. The van der Waals surface area contributed by atoms with Gasteiger partial charge in [-0.3, -0.25) is 0 Å². The second-order valence-electron chi connectivity index (χ2n) is 4.51. The van der Waals surface area contributed by atoms with Crippen LogP contribution in [0.2, 0.25) is 0 Å². The molecule has 5 nitrogen and oxygen atoms in total. The number of urea groups is 1. The van der Waals surface area contributed by atoms with Crippen molar-refractivity contribution in [3.05, 3.63) is 4.91 Å². The quantitative estimate of drug-likeness (QED) is 0.361. The van der Waals surface area contributed by atoms with E-state index in [-0.39, 0.29) is 5.54 Å². The fourth-order valence-corrected chi connectivity index (χ4v) is 2.81. The van der Waals surface area contributed by atoms with Crippen LogP contribution in [0.4, 0.5) is 4.79 Å². The summed E-state index contributed by atoms with van der Waals surface area (Å²) < 4.78 is 0. The number of carbonyl (C=O) groups excluding carboxylic acids is 1. The summed E-state index contributed by atoms with van der Waals surface area (Å²) in [6.45, 7) is 3.74. The maximum absolute atomic E-state index is 11.7. The third-order valence-corrected chi connectivity index (χ3v) is 3.42. The van der Waals surface area contributed by atoms with Gasteiger partial charge in [0.25, 0.3) is 0 Å². The SMILES string of the molecule is CC(Cl)N(C(=O)NN=O)C1(C)CCCCC1. The molecule has 0 aromatic carbocycles. The van der Waals surface area contributed by atoms with Gasteiger partial charge in [0, 0.05) is 5.54 Å². The smallest absolute Gasteiger partial charge is 0.302 e. The van der Waals surface area contributed by atoms with Crippen molar-refractivity contribution in [3.63, 3.8) is 0 Å². The van der Waals surface area contributed by atoms with E-state index >= 15 is 0 Å². The van der Waals surface area contributed by atoms with Crippen molar-refractivity contribution in [2.45, 2.75) is 57.0 Å². The fraction of sp³-hybridized carbons (Fsp3) is 0.900. The van der Waals surface area contributed by atoms with E-state index in [0.29, 0.717) is 0 Å². The first-order chi connectivity index (χ1) is 7.51. The molecule has 0 saturated heterocycles. The highest BCUT2D eigenvalue weighted by atomic mass is 35.5. The number of carbonyl (C=O) groups is 1. The summed E-state index contributed by atoms with van der Waals surface area (Å²) in [6, 6.07) is -0.512. The summed E-state index contributed by atoms with van der Waals surface area (Å²) in [5, 5.41) is 2.42. The zero-order valence-corrected chi connectivity index (χ0v) is 10.5. The lowest BCUT2D eigenvalue weighted by molar-refractivity contribution is 0.0856. The van der Waals surface area contributed by atoms with Crippen LogP contribution in [0, 0.1) is 4.91 Å². The van der Waals surface area contributed by atoms with Gasteiger partial charge in [-0.15, -0.1) is 4.91 Å². The van der Waals surface area contributed by atoms with Crippen LogP contribution in [-0.4, -0.2) is 22.0 Å². The van der Waals surface area contributed by atoms with Crippen LogP contribution >= 0.6 is 11.6 Å². The zero-order chi connectivity index (χ0) is 12.2. The average Bonchev–Trinajstić information content (AvgIpc) is 2.17. The van der Waals surface area contributed by atoms with Crippen LogP contribution in [0.1, 0.15) is 46.0 Å². The van der Waals surface area contributed by atoms with Crippen LogP contribution < -0.4 is 5.43 Å². The Hall–Kier alpha value is -0.840. The van der Waals surface area contributed by atoms with Crippen molar-refractivity contribution in [3.8, 4) is 0 Å². The molecule has 0 spiro atoms. The van der Waals surface area contributed by atoms with Crippen LogP contribution in [0.3, 0.4) is 0 Å². The Kier molecular flexibility index (Phi) is 4.53. The van der Waals surface area contributed by atoms with E-state index < -0.39 is 11.5 Å². The fourth-order valence-electron chi connectivity index (χ4n) is 2.48. The number of hydrogen-bond donors (Lipinski definition) is 1. The number of rotatable bonds is 3. The van der Waals surface area contributed by atoms with Gasteiger partial charge in [0.15, 0.2) is 0 Å². The zero-order valence-electron chi connectivity index (χ0n) is 9.70. The first kappa shape index (κ1) is 13.2. The highest BCUT2D eigenvalue weighted by molar-refractivity contribution is 6.21. The number of nitrogens with zero attached hydrogens (tertiary/aromatic N) is 2. The summed E-state index contributed by atoms with van der Waals surface area (Å²) in [5.74, 6) is 0. The van der Waals surface area contributed by atoms with E-state index in [1.54, 1.807) is 6.92 Å². The third kappa shape index (κ3) is 2.84. The normalized spacial score (nSPS) is 20.9. The van der Waals surface area contributed by atoms with Gasteiger partial charge < -0.3 is 4.90 Å². The summed E-state index contributed by atoms with van der Waals surface area (Å²) in [4.78, 5) is 23.3. The molecule has 0 heterocycles. The lowest BCUT2D eigenvalue weighted by atomic mass is 9.82. The van der Waals surface area contributed by atoms with Crippen molar-refractivity contribution in [2.24, 2.45) is 5.29 Å². The average molecular weight is 248 g/mol. The van der Waals surface area contributed by atoms with Crippen LogP contribution in [0.15, 0.2) is 5.29 Å². The van der Waals surface area contributed by atoms with Gasteiger partial charge in [0.05, 0.1) is 5.29 Å². The second-order valence-corrected chi connectivity index (χ2v) is 5.14. The Morgan fingerprint density at radius 1 is 1.44 bits per heavy atom. The molecule has 0 bridgehead atoms. The molecule has 1 aliphatic carbocycles. The van der Waals surface area contributed by atoms with E-state index in [0.717, 1.165) is 25.7 Å². The molecular weight excluding hydrogens is 230 g/mol. The Morgan fingerprint density at radius 2 is 2.00 bits per heavy atom. The molecule has 1 saturated carbocycles. The summed E-state index contributed by atoms with van der Waals surface area (Å²) in [7, 11) is 0. The second kappa shape index (κ2) is 5.48. The van der Waals surface area contributed by atoms with Gasteiger partial charge >= 0.3 is 6.03 Å². The van der Waals surface area contributed by atoms with Crippen molar-refractivity contribution in [1.82, 2.24) is 10.3 Å². The lowest BCUT2D eigenvalue weighted by Crippen LogP contribution is -2.55. The predicted molar refractivity (Wildman–Crippen MR) is 63.0 cm³/mol. The Labute approximate surface area is 100 Å². The molecule has 6 heteroatoms. The maximum Gasteiger partial charge on any atom is 0.342 e. The molecule has 0 aliphatic heterocycles. The maximum atomic E-state index is 11.7. The highest BCUT2D eigenvalue weighted by Crippen LogP contribution is 2.35. The standard InChI is InChI=1S/C10H18ClN3O2/c1-8(11)14(9(15)12-13-16)10(2)6-4-3-5-7-10/h8H,3-7H2,1-2H3,(H,12,15,16). The van der Waals surface area contributed by atoms with Crippen LogP contribution in [-0.2, 0) is 0 Å². The summed E-state index contributed by atoms with van der Waals surface area (Å²) in [6.07, 6.45) is 5.18. The predicted octanol–water partition coefficient (Wildman–Crippen LogP) is 2.99. The Bertz CT molecular complexity index is 265. The lowest BCUT2D eigenvalue weighted by Gasteiger charge is -2.44. The minimum absolute atomic E-state index is 0.270. The topological polar surface area (TPSA) is 61.8 Å². The number of halogens is 1. The molecule has 0 radical (unpaired) electrons. The summed E-state index contributed by atoms with van der Waals surface area (Å²) in [5.41, 5.74) is 1.20.